The largest absolute Gasteiger partial charge is 0.356 e. The van der Waals surface area contributed by atoms with Gasteiger partial charge in [-0.15, -0.1) is 24.0 Å². The third kappa shape index (κ3) is 9.07. The monoisotopic (exact) mass is 384 g/mol. The molecule has 1 amide bonds. The van der Waals surface area contributed by atoms with Crippen molar-refractivity contribution in [2.45, 2.75) is 47.1 Å². The van der Waals surface area contributed by atoms with Crippen molar-refractivity contribution in [1.82, 2.24) is 16.0 Å². The SMILES string of the molecule is CCNC(=O)C(C)(C)CNC(=NC)NC(C)(C)C.I. The number of rotatable bonds is 4. The molecule has 5 nitrogen and oxygen atoms in total. The summed E-state index contributed by atoms with van der Waals surface area (Å²) in [7, 11) is 1.72. The van der Waals surface area contributed by atoms with Crippen LogP contribution in [0.3, 0.4) is 0 Å². The molecule has 6 heteroatoms. The summed E-state index contributed by atoms with van der Waals surface area (Å²) in [6.07, 6.45) is 0. The first-order valence-corrected chi connectivity index (χ1v) is 6.39. The summed E-state index contributed by atoms with van der Waals surface area (Å²) in [6.45, 7) is 13.1. The molecule has 114 valence electrons. The van der Waals surface area contributed by atoms with E-state index in [0.717, 1.165) is 0 Å². The van der Waals surface area contributed by atoms with Crippen LogP contribution in [0.25, 0.3) is 0 Å². The van der Waals surface area contributed by atoms with Crippen molar-refractivity contribution in [2.75, 3.05) is 20.1 Å². The fraction of sp³-hybridized carbons (Fsp3) is 0.846. The minimum Gasteiger partial charge on any atom is -0.356 e. The number of carbonyl (C=O) groups excluding carboxylic acids is 1. The zero-order chi connectivity index (χ0) is 14.4. The van der Waals surface area contributed by atoms with E-state index in [-0.39, 0.29) is 35.4 Å². The molecular weight excluding hydrogens is 355 g/mol. The maximum Gasteiger partial charge on any atom is 0.227 e. The second kappa shape index (κ2) is 8.60. The predicted octanol–water partition coefficient (Wildman–Crippen LogP) is 1.73. The Morgan fingerprint density at radius 2 is 1.63 bits per heavy atom. The summed E-state index contributed by atoms with van der Waals surface area (Å²) < 4.78 is 0. The molecule has 0 heterocycles. The first-order chi connectivity index (χ1) is 8.12. The molecule has 0 spiro atoms. The van der Waals surface area contributed by atoms with E-state index in [4.69, 9.17) is 0 Å². The molecular formula is C13H29IN4O. The summed E-state index contributed by atoms with van der Waals surface area (Å²) in [5.41, 5.74) is -0.525. The quantitative estimate of drug-likeness (QED) is 0.393. The number of nitrogens with zero attached hydrogens (tertiary/aromatic N) is 1. The molecule has 0 aromatic heterocycles. The fourth-order valence-electron chi connectivity index (χ4n) is 1.32. The molecule has 0 aliphatic carbocycles. The van der Waals surface area contributed by atoms with E-state index >= 15 is 0 Å². The van der Waals surface area contributed by atoms with Crippen LogP contribution in [0.4, 0.5) is 0 Å². The van der Waals surface area contributed by atoms with E-state index in [9.17, 15) is 4.79 Å². The van der Waals surface area contributed by atoms with Gasteiger partial charge in [-0.1, -0.05) is 0 Å². The summed E-state index contributed by atoms with van der Waals surface area (Å²) in [6, 6.07) is 0. The highest BCUT2D eigenvalue weighted by molar-refractivity contribution is 14.0. The predicted molar refractivity (Wildman–Crippen MR) is 92.1 cm³/mol. The second-order valence-electron chi connectivity index (χ2n) is 6.04. The van der Waals surface area contributed by atoms with E-state index in [0.29, 0.717) is 19.0 Å². The van der Waals surface area contributed by atoms with Gasteiger partial charge in [0.25, 0.3) is 0 Å². The lowest BCUT2D eigenvalue weighted by Crippen LogP contribution is -2.51. The van der Waals surface area contributed by atoms with Crippen LogP contribution in [0.5, 0.6) is 0 Å². The molecule has 19 heavy (non-hydrogen) atoms. The van der Waals surface area contributed by atoms with Crippen LogP contribution >= 0.6 is 24.0 Å². The van der Waals surface area contributed by atoms with Crippen molar-refractivity contribution in [1.29, 1.82) is 0 Å². The molecule has 0 unspecified atom stereocenters. The smallest absolute Gasteiger partial charge is 0.227 e. The number of aliphatic imine (C=N–C) groups is 1. The maximum absolute atomic E-state index is 11.8. The Morgan fingerprint density at radius 1 is 1.11 bits per heavy atom. The van der Waals surface area contributed by atoms with Crippen LogP contribution < -0.4 is 16.0 Å². The Bertz CT molecular complexity index is 308. The lowest BCUT2D eigenvalue weighted by atomic mass is 9.92. The molecule has 0 aliphatic heterocycles. The first-order valence-electron chi connectivity index (χ1n) is 6.39. The number of hydrogen-bond acceptors (Lipinski definition) is 2. The average Bonchev–Trinajstić information content (AvgIpc) is 2.23. The third-order valence-corrected chi connectivity index (χ3v) is 2.37. The Morgan fingerprint density at radius 3 is 2.00 bits per heavy atom. The molecule has 0 aromatic carbocycles. The number of hydrogen-bond donors (Lipinski definition) is 3. The Balaban J connectivity index is 0. The number of carbonyl (C=O) groups is 1. The lowest BCUT2D eigenvalue weighted by molar-refractivity contribution is -0.128. The van der Waals surface area contributed by atoms with E-state index in [2.05, 4.69) is 41.7 Å². The molecule has 0 atom stereocenters. The second-order valence-corrected chi connectivity index (χ2v) is 6.04. The van der Waals surface area contributed by atoms with Crippen LogP contribution in [0.2, 0.25) is 0 Å². The number of halogens is 1. The van der Waals surface area contributed by atoms with Gasteiger partial charge < -0.3 is 16.0 Å². The number of nitrogens with one attached hydrogen (secondary N) is 3. The van der Waals surface area contributed by atoms with Gasteiger partial charge in [-0.2, -0.15) is 0 Å². The number of guanidine groups is 1. The van der Waals surface area contributed by atoms with Crippen molar-refractivity contribution >= 4 is 35.8 Å². The Kier molecular flexibility index (Phi) is 9.41. The fourth-order valence-corrected chi connectivity index (χ4v) is 1.32. The number of amides is 1. The first kappa shape index (κ1) is 20.8. The summed E-state index contributed by atoms with van der Waals surface area (Å²) in [5, 5.41) is 9.28. The van der Waals surface area contributed by atoms with Crippen LogP contribution in [-0.2, 0) is 4.79 Å². The molecule has 0 aromatic rings. The van der Waals surface area contributed by atoms with Crippen LogP contribution in [0.15, 0.2) is 4.99 Å². The van der Waals surface area contributed by atoms with Gasteiger partial charge >= 0.3 is 0 Å². The summed E-state index contributed by atoms with van der Waals surface area (Å²) in [4.78, 5) is 16.0. The highest BCUT2D eigenvalue weighted by atomic mass is 127. The van der Waals surface area contributed by atoms with E-state index in [1.165, 1.54) is 0 Å². The van der Waals surface area contributed by atoms with Crippen LogP contribution in [0.1, 0.15) is 41.5 Å². The molecule has 0 aliphatic rings. The molecule has 0 rings (SSSR count). The Labute approximate surface area is 134 Å². The van der Waals surface area contributed by atoms with Gasteiger partial charge in [0.1, 0.15) is 0 Å². The van der Waals surface area contributed by atoms with Crippen molar-refractivity contribution in [3.8, 4) is 0 Å². The van der Waals surface area contributed by atoms with Gasteiger partial charge in [0.05, 0.1) is 5.41 Å². The highest BCUT2D eigenvalue weighted by Crippen LogP contribution is 2.13. The van der Waals surface area contributed by atoms with Gasteiger partial charge in [0.2, 0.25) is 5.91 Å². The topological polar surface area (TPSA) is 65.5 Å². The third-order valence-electron chi connectivity index (χ3n) is 2.37. The summed E-state index contributed by atoms with van der Waals surface area (Å²) in [5.74, 6) is 0.753. The van der Waals surface area contributed by atoms with Crippen molar-refractivity contribution in [3.63, 3.8) is 0 Å². The van der Waals surface area contributed by atoms with Crippen molar-refractivity contribution in [3.05, 3.63) is 0 Å². The lowest BCUT2D eigenvalue weighted by Gasteiger charge is -2.28. The van der Waals surface area contributed by atoms with E-state index in [1.807, 2.05) is 20.8 Å². The Hall–Kier alpha value is -0.530. The van der Waals surface area contributed by atoms with E-state index in [1.54, 1.807) is 7.05 Å². The minimum absolute atomic E-state index is 0. The molecule has 0 saturated carbocycles. The van der Waals surface area contributed by atoms with Gasteiger partial charge in [0.15, 0.2) is 5.96 Å². The summed E-state index contributed by atoms with van der Waals surface area (Å²) >= 11 is 0. The van der Waals surface area contributed by atoms with Gasteiger partial charge in [0, 0.05) is 25.7 Å². The molecule has 0 fully saturated rings. The minimum atomic E-state index is -0.467. The molecule has 0 saturated heterocycles. The molecule has 0 radical (unpaired) electrons. The molecule has 3 N–H and O–H groups in total. The standard InChI is InChI=1S/C13H28N4O.HI/c1-8-15-10(18)13(5,6)9-16-11(14-7)17-12(2,3)4;/h8-9H2,1-7H3,(H,15,18)(H2,14,16,17);1H. The maximum atomic E-state index is 11.8. The van der Waals surface area contributed by atoms with Gasteiger partial charge in [-0.3, -0.25) is 9.79 Å². The van der Waals surface area contributed by atoms with Crippen LogP contribution in [-0.4, -0.2) is 37.5 Å². The highest BCUT2D eigenvalue weighted by Gasteiger charge is 2.27. The molecule has 0 bridgehead atoms. The van der Waals surface area contributed by atoms with Crippen molar-refractivity contribution < 1.29 is 4.79 Å². The van der Waals surface area contributed by atoms with Gasteiger partial charge in [-0.25, -0.2) is 0 Å². The average molecular weight is 384 g/mol. The van der Waals surface area contributed by atoms with Gasteiger partial charge in [-0.05, 0) is 41.5 Å². The zero-order valence-electron chi connectivity index (χ0n) is 13.2. The normalized spacial score (nSPS) is 12.5. The zero-order valence-corrected chi connectivity index (χ0v) is 15.5. The van der Waals surface area contributed by atoms with Crippen LogP contribution in [0, 0.1) is 5.41 Å². The van der Waals surface area contributed by atoms with E-state index < -0.39 is 5.41 Å². The van der Waals surface area contributed by atoms with Crippen molar-refractivity contribution in [2.24, 2.45) is 10.4 Å².